The van der Waals surface area contributed by atoms with Crippen LogP contribution in [0.2, 0.25) is 0 Å². The molecule has 1 fully saturated rings. The molecule has 0 bridgehead atoms. The third-order valence-corrected chi connectivity index (χ3v) is 6.28. The van der Waals surface area contributed by atoms with Crippen LogP contribution in [-0.4, -0.2) is 50.8 Å². The molecular weight excluding hydrogens is 388 g/mol. The monoisotopic (exact) mass is 416 g/mol. The van der Waals surface area contributed by atoms with Gasteiger partial charge in [0.1, 0.15) is 0 Å². The van der Waals surface area contributed by atoms with Crippen LogP contribution in [0.1, 0.15) is 25.0 Å². The van der Waals surface area contributed by atoms with Crippen LogP contribution in [0.5, 0.6) is 0 Å². The summed E-state index contributed by atoms with van der Waals surface area (Å²) in [7, 11) is 0. The van der Waals surface area contributed by atoms with Crippen molar-refractivity contribution in [3.05, 3.63) is 64.2 Å². The molecule has 1 aliphatic heterocycles. The molecule has 1 aromatic carbocycles. The number of H-pyrrole nitrogens is 1. The van der Waals surface area contributed by atoms with Crippen molar-refractivity contribution >= 4 is 27.6 Å². The maximum atomic E-state index is 12.1. The molecule has 1 aliphatic rings. The van der Waals surface area contributed by atoms with Crippen LogP contribution in [0, 0.1) is 0 Å². The van der Waals surface area contributed by atoms with E-state index >= 15 is 0 Å². The largest absolute Gasteiger partial charge is 0.369 e. The highest BCUT2D eigenvalue weighted by Gasteiger charge is 2.18. The van der Waals surface area contributed by atoms with Crippen molar-refractivity contribution in [3.63, 3.8) is 0 Å². The molecule has 1 saturated heterocycles. The van der Waals surface area contributed by atoms with Gasteiger partial charge in [-0.05, 0) is 49.2 Å². The lowest BCUT2D eigenvalue weighted by Gasteiger charge is -2.36. The molecule has 31 heavy (non-hydrogen) atoms. The molecule has 5 rings (SSSR count). The number of aromatic amines is 1. The Hall–Kier alpha value is -3.19. The summed E-state index contributed by atoms with van der Waals surface area (Å²) in [5.74, 6) is 0. The van der Waals surface area contributed by atoms with E-state index in [4.69, 9.17) is 0 Å². The van der Waals surface area contributed by atoms with Gasteiger partial charge < -0.3 is 9.88 Å². The Morgan fingerprint density at radius 1 is 1.03 bits per heavy atom. The molecule has 0 amide bonds. The summed E-state index contributed by atoms with van der Waals surface area (Å²) in [5.41, 5.74) is 6.03. The van der Waals surface area contributed by atoms with E-state index in [1.54, 1.807) is 0 Å². The zero-order valence-electron chi connectivity index (χ0n) is 18.1. The van der Waals surface area contributed by atoms with Crippen molar-refractivity contribution in [1.29, 1.82) is 0 Å². The number of fused-ring (bicyclic) bond motifs is 2. The fourth-order valence-electron chi connectivity index (χ4n) is 4.46. The molecule has 4 aromatic rings. The van der Waals surface area contributed by atoms with Gasteiger partial charge in [0, 0.05) is 62.1 Å². The van der Waals surface area contributed by atoms with Crippen LogP contribution >= 0.6 is 0 Å². The fourth-order valence-corrected chi connectivity index (χ4v) is 4.46. The second-order valence-corrected chi connectivity index (χ2v) is 8.22. The Morgan fingerprint density at radius 3 is 2.65 bits per heavy atom. The van der Waals surface area contributed by atoms with Crippen molar-refractivity contribution in [2.24, 2.45) is 0 Å². The first kappa shape index (κ1) is 19.8. The van der Waals surface area contributed by atoms with E-state index in [-0.39, 0.29) is 5.56 Å². The SMILES string of the molecule is CCc1cc2ncc(CN3CCN(c4ccc5c(cnn5CC)c4)CC3)cc2[nH]c1=O. The van der Waals surface area contributed by atoms with Crippen molar-refractivity contribution in [2.45, 2.75) is 33.4 Å². The van der Waals surface area contributed by atoms with E-state index in [0.29, 0.717) is 6.42 Å². The second kappa shape index (κ2) is 8.15. The third-order valence-electron chi connectivity index (χ3n) is 6.28. The van der Waals surface area contributed by atoms with Crippen LogP contribution in [0.25, 0.3) is 21.9 Å². The van der Waals surface area contributed by atoms with Gasteiger partial charge in [-0.1, -0.05) is 6.92 Å². The molecule has 0 radical (unpaired) electrons. The fraction of sp³-hybridized carbons (Fsp3) is 0.375. The number of rotatable bonds is 5. The molecule has 0 saturated carbocycles. The standard InChI is InChI=1S/C24H28N6O/c1-3-18-13-21-22(27-24(18)31)11-17(14-25-21)16-28-7-9-29(10-8-28)20-5-6-23-19(12-20)15-26-30(23)4-2/h5-6,11-15H,3-4,7-10,16H2,1-2H3,(H,27,31). The Labute approximate surface area is 181 Å². The number of pyridine rings is 2. The van der Waals surface area contributed by atoms with E-state index in [9.17, 15) is 4.79 Å². The molecule has 7 heteroatoms. The maximum Gasteiger partial charge on any atom is 0.251 e. The minimum absolute atomic E-state index is 0.0102. The van der Waals surface area contributed by atoms with E-state index in [1.807, 2.05) is 30.1 Å². The Morgan fingerprint density at radius 2 is 1.87 bits per heavy atom. The number of benzene rings is 1. The van der Waals surface area contributed by atoms with Gasteiger partial charge in [0.25, 0.3) is 5.56 Å². The zero-order chi connectivity index (χ0) is 21.4. The van der Waals surface area contributed by atoms with Crippen molar-refractivity contribution in [3.8, 4) is 0 Å². The van der Waals surface area contributed by atoms with Gasteiger partial charge in [-0.2, -0.15) is 5.10 Å². The predicted octanol–water partition coefficient (Wildman–Crippen LogP) is 3.18. The smallest absolute Gasteiger partial charge is 0.251 e. The molecule has 0 unspecified atom stereocenters. The van der Waals surface area contributed by atoms with E-state index in [0.717, 1.165) is 61.4 Å². The number of aromatic nitrogens is 4. The Kier molecular flexibility index (Phi) is 5.19. The first-order chi connectivity index (χ1) is 15.1. The van der Waals surface area contributed by atoms with Crippen molar-refractivity contribution < 1.29 is 0 Å². The maximum absolute atomic E-state index is 12.1. The summed E-state index contributed by atoms with van der Waals surface area (Å²) in [5, 5.41) is 5.66. The van der Waals surface area contributed by atoms with Gasteiger partial charge in [-0.15, -0.1) is 0 Å². The molecule has 4 heterocycles. The zero-order valence-corrected chi connectivity index (χ0v) is 18.1. The van der Waals surface area contributed by atoms with Crippen molar-refractivity contribution in [1.82, 2.24) is 24.6 Å². The summed E-state index contributed by atoms with van der Waals surface area (Å²) in [6.07, 6.45) is 4.61. The topological polar surface area (TPSA) is 70.1 Å². The van der Waals surface area contributed by atoms with Gasteiger partial charge in [0.15, 0.2) is 0 Å². The second-order valence-electron chi connectivity index (χ2n) is 8.22. The van der Waals surface area contributed by atoms with Gasteiger partial charge in [0.2, 0.25) is 0 Å². The highest BCUT2D eigenvalue weighted by atomic mass is 16.1. The van der Waals surface area contributed by atoms with Gasteiger partial charge in [-0.25, -0.2) is 0 Å². The number of nitrogens with zero attached hydrogens (tertiary/aromatic N) is 5. The van der Waals surface area contributed by atoms with E-state index in [2.05, 4.69) is 56.1 Å². The lowest BCUT2D eigenvalue weighted by Crippen LogP contribution is -2.45. The highest BCUT2D eigenvalue weighted by molar-refractivity contribution is 5.82. The van der Waals surface area contributed by atoms with Crippen LogP contribution in [0.15, 0.2) is 47.5 Å². The quantitative estimate of drug-likeness (QED) is 0.541. The average molecular weight is 417 g/mol. The van der Waals surface area contributed by atoms with E-state index < -0.39 is 0 Å². The highest BCUT2D eigenvalue weighted by Crippen LogP contribution is 2.24. The first-order valence-electron chi connectivity index (χ1n) is 11.1. The minimum atomic E-state index is -0.0102. The predicted molar refractivity (Wildman–Crippen MR) is 125 cm³/mol. The summed E-state index contributed by atoms with van der Waals surface area (Å²) in [4.78, 5) is 24.6. The van der Waals surface area contributed by atoms with Crippen LogP contribution in [-0.2, 0) is 19.5 Å². The number of hydrogen-bond acceptors (Lipinski definition) is 5. The molecule has 3 aromatic heterocycles. The Balaban J connectivity index is 1.26. The van der Waals surface area contributed by atoms with Crippen LogP contribution in [0.4, 0.5) is 5.69 Å². The summed E-state index contributed by atoms with van der Waals surface area (Å²) in [6.45, 7) is 9.81. The van der Waals surface area contributed by atoms with E-state index in [1.165, 1.54) is 16.6 Å². The minimum Gasteiger partial charge on any atom is -0.369 e. The number of piperazine rings is 1. The average Bonchev–Trinajstić information content (AvgIpc) is 3.21. The van der Waals surface area contributed by atoms with Crippen LogP contribution in [0.3, 0.4) is 0 Å². The summed E-state index contributed by atoms with van der Waals surface area (Å²) < 4.78 is 2.03. The molecule has 160 valence electrons. The van der Waals surface area contributed by atoms with Crippen LogP contribution < -0.4 is 10.5 Å². The summed E-state index contributed by atoms with van der Waals surface area (Å²) >= 11 is 0. The number of hydrogen-bond donors (Lipinski definition) is 1. The number of nitrogens with one attached hydrogen (secondary N) is 1. The normalized spacial score (nSPS) is 15.2. The van der Waals surface area contributed by atoms with Crippen molar-refractivity contribution in [2.75, 3.05) is 31.1 Å². The van der Waals surface area contributed by atoms with Gasteiger partial charge in [0.05, 0.1) is 22.7 Å². The Bertz CT molecular complexity index is 1280. The molecule has 0 spiro atoms. The number of anilines is 1. The van der Waals surface area contributed by atoms with Gasteiger partial charge >= 0.3 is 0 Å². The number of aryl methyl sites for hydroxylation is 2. The third kappa shape index (κ3) is 3.81. The summed E-state index contributed by atoms with van der Waals surface area (Å²) in [6, 6.07) is 10.6. The molecule has 7 nitrogen and oxygen atoms in total. The molecule has 1 N–H and O–H groups in total. The molecule has 0 atom stereocenters. The lowest BCUT2D eigenvalue weighted by molar-refractivity contribution is 0.250. The lowest BCUT2D eigenvalue weighted by atomic mass is 10.1. The first-order valence-corrected chi connectivity index (χ1v) is 11.1. The molecular formula is C24H28N6O. The van der Waals surface area contributed by atoms with Gasteiger partial charge in [-0.3, -0.25) is 19.4 Å². The molecule has 0 aliphatic carbocycles.